The summed E-state index contributed by atoms with van der Waals surface area (Å²) in [5.74, 6) is 0.554. The number of hydrogen-bond acceptors (Lipinski definition) is 8. The second-order valence-corrected chi connectivity index (χ2v) is 6.96. The smallest absolute Gasteiger partial charge is 0.264 e. The molecule has 1 aliphatic heterocycles. The highest BCUT2D eigenvalue weighted by molar-refractivity contribution is 7.71. The highest BCUT2D eigenvalue weighted by Crippen LogP contribution is 2.46. The Balaban J connectivity index is 2.15. The number of methoxy groups -OCH3 is 3. The van der Waals surface area contributed by atoms with Gasteiger partial charge in [-0.2, -0.15) is 5.10 Å². The zero-order chi connectivity index (χ0) is 22.2. The number of hydrogen-bond donors (Lipinski definition) is 2. The Bertz CT molecular complexity index is 1150. The summed E-state index contributed by atoms with van der Waals surface area (Å²) < 4.78 is 17.6. The summed E-state index contributed by atoms with van der Waals surface area (Å²) in [5, 5.41) is 16.1. The Morgan fingerprint density at radius 3 is 2.47 bits per heavy atom. The van der Waals surface area contributed by atoms with Gasteiger partial charge in [-0.05, 0) is 24.4 Å². The summed E-state index contributed by atoms with van der Waals surface area (Å²) in [5.41, 5.74) is 0.234. The normalized spacial score (nSPS) is 15.7. The summed E-state index contributed by atoms with van der Waals surface area (Å²) in [6.07, 6.45) is 0.166. The molecule has 1 aliphatic rings. The summed E-state index contributed by atoms with van der Waals surface area (Å²) >= 11 is 5.01. The third-order valence-corrected chi connectivity index (χ3v) is 5.28. The molecule has 0 aliphatic carbocycles. The van der Waals surface area contributed by atoms with Crippen LogP contribution in [0.3, 0.4) is 0 Å². The number of aromatic amines is 1. The van der Waals surface area contributed by atoms with Crippen molar-refractivity contribution in [3.8, 4) is 23.1 Å². The Kier molecular flexibility index (Phi) is 5.83. The van der Waals surface area contributed by atoms with Crippen LogP contribution in [-0.2, 0) is 11.8 Å². The van der Waals surface area contributed by atoms with E-state index in [0.717, 1.165) is 0 Å². The molecule has 1 unspecified atom stereocenters. The van der Waals surface area contributed by atoms with Gasteiger partial charge in [0.05, 0.1) is 33.1 Å². The number of carbonyl (C=O) groups is 1. The molecule has 0 spiro atoms. The van der Waals surface area contributed by atoms with Crippen LogP contribution in [0.2, 0.25) is 0 Å². The molecule has 2 aromatic rings. The molecule has 30 heavy (non-hydrogen) atoms. The van der Waals surface area contributed by atoms with Crippen LogP contribution in [0.1, 0.15) is 30.5 Å². The lowest BCUT2D eigenvalue weighted by atomic mass is 9.97. The number of carbonyl (C=O) groups excluding carboxylic acids is 1. The van der Waals surface area contributed by atoms with Crippen LogP contribution in [0.5, 0.6) is 23.1 Å². The molecule has 1 atom stereocenters. The molecule has 2 heterocycles. The van der Waals surface area contributed by atoms with Gasteiger partial charge in [0.2, 0.25) is 17.5 Å². The summed E-state index contributed by atoms with van der Waals surface area (Å²) in [6.45, 7) is 1.36. The van der Waals surface area contributed by atoms with E-state index in [0.29, 0.717) is 22.8 Å². The minimum absolute atomic E-state index is 0.0423. The number of nitrogens with one attached hydrogen (secondary N) is 1. The molecule has 160 valence electrons. The Morgan fingerprint density at radius 2 is 1.90 bits per heavy atom. The first kappa shape index (κ1) is 21.4. The average molecular weight is 434 g/mol. The number of nitrogens with zero attached hydrogens (tertiary/aromatic N) is 3. The Hall–Kier alpha value is -3.34. The Morgan fingerprint density at radius 1 is 1.23 bits per heavy atom. The fourth-order valence-electron chi connectivity index (χ4n) is 3.45. The van der Waals surface area contributed by atoms with E-state index in [2.05, 4.69) is 10.1 Å². The SMILES string of the molecule is COc1ccc(C2CC(c3c(O)n(C)c(=S)[nH]c3=O)=NN2C(C)=O)c(OC)c1OC. The minimum atomic E-state index is -0.585. The third-order valence-electron chi connectivity index (χ3n) is 4.91. The topological polar surface area (TPSA) is 118 Å². The first-order valence-electron chi connectivity index (χ1n) is 8.93. The largest absolute Gasteiger partial charge is 0.494 e. The number of hydrazone groups is 1. The van der Waals surface area contributed by atoms with Crippen molar-refractivity contribution in [1.29, 1.82) is 0 Å². The highest BCUT2D eigenvalue weighted by atomic mass is 32.1. The molecule has 11 heteroatoms. The number of H-pyrrole nitrogens is 1. The van der Waals surface area contributed by atoms with Crippen molar-refractivity contribution < 1.29 is 24.1 Å². The van der Waals surface area contributed by atoms with Crippen LogP contribution in [0.25, 0.3) is 0 Å². The van der Waals surface area contributed by atoms with E-state index in [9.17, 15) is 14.7 Å². The van der Waals surface area contributed by atoms with Crippen molar-refractivity contribution in [3.05, 3.63) is 38.4 Å². The first-order chi connectivity index (χ1) is 14.2. The standard InChI is InChI=1S/C19H22N4O6S/c1-9(24)23-12(10-6-7-13(27-3)16(29-5)15(10)28-4)8-11(21-23)14-17(25)20-19(30)22(2)18(14)26/h6-7,12,26H,8H2,1-5H3,(H,20,25,30). The van der Waals surface area contributed by atoms with E-state index in [-0.39, 0.29) is 34.3 Å². The molecule has 10 nitrogen and oxygen atoms in total. The molecule has 2 N–H and O–H groups in total. The van der Waals surface area contributed by atoms with Crippen molar-refractivity contribution in [2.45, 2.75) is 19.4 Å². The number of aromatic hydroxyl groups is 1. The first-order valence-corrected chi connectivity index (χ1v) is 9.34. The van der Waals surface area contributed by atoms with Crippen LogP contribution in [-0.4, -0.2) is 52.6 Å². The summed E-state index contributed by atoms with van der Waals surface area (Å²) in [6, 6.07) is 2.86. The molecule has 0 saturated carbocycles. The summed E-state index contributed by atoms with van der Waals surface area (Å²) in [4.78, 5) is 27.3. The van der Waals surface area contributed by atoms with Crippen molar-refractivity contribution >= 4 is 23.8 Å². The molecule has 0 radical (unpaired) electrons. The maximum atomic E-state index is 12.5. The lowest BCUT2D eigenvalue weighted by molar-refractivity contribution is -0.130. The quantitative estimate of drug-likeness (QED) is 0.690. The van der Waals surface area contributed by atoms with E-state index in [1.165, 1.54) is 44.9 Å². The molecular weight excluding hydrogens is 412 g/mol. The van der Waals surface area contributed by atoms with Crippen molar-refractivity contribution in [1.82, 2.24) is 14.6 Å². The lowest BCUT2D eigenvalue weighted by Gasteiger charge is -2.24. The van der Waals surface area contributed by atoms with E-state index < -0.39 is 11.6 Å². The molecule has 1 amide bonds. The van der Waals surface area contributed by atoms with Gasteiger partial charge >= 0.3 is 0 Å². The van der Waals surface area contributed by atoms with Gasteiger partial charge in [-0.1, -0.05) is 0 Å². The molecule has 3 rings (SSSR count). The molecule has 0 saturated heterocycles. The molecular formula is C19H22N4O6S. The second-order valence-electron chi connectivity index (χ2n) is 6.57. The van der Waals surface area contributed by atoms with Crippen LogP contribution in [0.4, 0.5) is 0 Å². The average Bonchev–Trinajstić information content (AvgIpc) is 3.15. The maximum absolute atomic E-state index is 12.5. The van der Waals surface area contributed by atoms with Gasteiger partial charge in [0.1, 0.15) is 5.56 Å². The van der Waals surface area contributed by atoms with Gasteiger partial charge in [0, 0.05) is 26.0 Å². The van der Waals surface area contributed by atoms with Crippen molar-refractivity contribution in [2.75, 3.05) is 21.3 Å². The van der Waals surface area contributed by atoms with E-state index >= 15 is 0 Å². The number of ether oxygens (including phenoxy) is 3. The van der Waals surface area contributed by atoms with Crippen molar-refractivity contribution in [2.24, 2.45) is 12.1 Å². The van der Waals surface area contributed by atoms with Crippen molar-refractivity contribution in [3.63, 3.8) is 0 Å². The van der Waals surface area contributed by atoms with Gasteiger partial charge < -0.3 is 19.3 Å². The molecule has 0 bridgehead atoms. The predicted octanol–water partition coefficient (Wildman–Crippen LogP) is 1.87. The zero-order valence-electron chi connectivity index (χ0n) is 17.2. The van der Waals surface area contributed by atoms with Gasteiger partial charge in [0.25, 0.3) is 5.56 Å². The molecule has 1 aromatic heterocycles. The van der Waals surface area contributed by atoms with Gasteiger partial charge in [0.15, 0.2) is 16.3 Å². The lowest BCUT2D eigenvalue weighted by Crippen LogP contribution is -2.24. The third kappa shape index (κ3) is 3.41. The van der Waals surface area contributed by atoms with Crippen LogP contribution >= 0.6 is 12.2 Å². The van der Waals surface area contributed by atoms with Crippen LogP contribution in [0, 0.1) is 4.77 Å². The van der Waals surface area contributed by atoms with E-state index in [4.69, 9.17) is 26.4 Å². The highest BCUT2D eigenvalue weighted by Gasteiger charge is 2.36. The predicted molar refractivity (Wildman–Crippen MR) is 111 cm³/mol. The zero-order valence-corrected chi connectivity index (χ0v) is 18.0. The minimum Gasteiger partial charge on any atom is -0.494 e. The van der Waals surface area contributed by atoms with Gasteiger partial charge in [-0.3, -0.25) is 19.1 Å². The van der Waals surface area contributed by atoms with Gasteiger partial charge in [-0.15, -0.1) is 0 Å². The number of aromatic nitrogens is 2. The van der Waals surface area contributed by atoms with Crippen LogP contribution in [0.15, 0.2) is 22.0 Å². The van der Waals surface area contributed by atoms with Crippen LogP contribution < -0.4 is 19.8 Å². The Labute approximate surface area is 177 Å². The number of amides is 1. The fraction of sp³-hybridized carbons (Fsp3) is 0.368. The maximum Gasteiger partial charge on any atom is 0.264 e. The van der Waals surface area contributed by atoms with E-state index in [1.54, 1.807) is 12.1 Å². The fourth-order valence-corrected chi connectivity index (χ4v) is 3.63. The molecule has 0 fully saturated rings. The second kappa shape index (κ2) is 8.19. The number of benzene rings is 1. The van der Waals surface area contributed by atoms with Gasteiger partial charge in [-0.25, -0.2) is 5.01 Å². The van der Waals surface area contributed by atoms with E-state index in [1.807, 2.05) is 0 Å². The molecule has 1 aromatic carbocycles. The monoisotopic (exact) mass is 434 g/mol. The number of rotatable bonds is 5. The summed E-state index contributed by atoms with van der Waals surface area (Å²) in [7, 11) is 5.99.